The van der Waals surface area contributed by atoms with Crippen LogP contribution in [0.25, 0.3) is 0 Å². The number of hydrogen-bond acceptors (Lipinski definition) is 4. The molecule has 0 radical (unpaired) electrons. The van der Waals surface area contributed by atoms with Crippen molar-refractivity contribution in [1.29, 1.82) is 0 Å². The van der Waals surface area contributed by atoms with Gasteiger partial charge in [0, 0.05) is 20.2 Å². The Morgan fingerprint density at radius 2 is 2.11 bits per heavy atom. The first-order valence-corrected chi connectivity index (χ1v) is 7.25. The summed E-state index contributed by atoms with van der Waals surface area (Å²) in [5, 5.41) is 2.75. The van der Waals surface area contributed by atoms with Gasteiger partial charge in [-0.05, 0) is 31.6 Å². The molecule has 0 atom stereocenters. The zero-order chi connectivity index (χ0) is 14.1. The molecular weight excluding hydrogens is 244 g/mol. The molecule has 0 spiro atoms. The highest BCUT2D eigenvalue weighted by molar-refractivity contribution is 5.77. The van der Waals surface area contributed by atoms with Gasteiger partial charge >= 0.3 is 0 Å². The maximum absolute atomic E-state index is 11.6. The molecule has 3 N–H and O–H groups in total. The molecule has 0 aliphatic heterocycles. The third-order valence-corrected chi connectivity index (χ3v) is 4.10. The summed E-state index contributed by atoms with van der Waals surface area (Å²) >= 11 is 0. The molecule has 19 heavy (non-hydrogen) atoms. The normalized spacial score (nSPS) is 27.2. The number of carbonyl (C=O) groups excluding carboxylic acids is 1. The number of nitrogens with one attached hydrogen (secondary N) is 1. The number of hydrogen-bond donors (Lipinski definition) is 2. The van der Waals surface area contributed by atoms with E-state index in [1.54, 1.807) is 7.11 Å². The molecule has 0 aromatic rings. The Morgan fingerprint density at radius 3 is 2.63 bits per heavy atom. The van der Waals surface area contributed by atoms with E-state index in [4.69, 9.17) is 15.2 Å². The molecule has 1 saturated carbocycles. The van der Waals surface area contributed by atoms with Gasteiger partial charge in [0.15, 0.2) is 0 Å². The molecule has 1 aliphatic carbocycles. The Hall–Kier alpha value is -0.650. The average molecular weight is 272 g/mol. The second-order valence-electron chi connectivity index (χ2n) is 5.37. The number of amides is 1. The van der Waals surface area contributed by atoms with Crippen LogP contribution in [0.1, 0.15) is 39.0 Å². The summed E-state index contributed by atoms with van der Waals surface area (Å²) in [5.41, 5.74) is 5.57. The van der Waals surface area contributed by atoms with Crippen LogP contribution in [0, 0.1) is 5.92 Å². The molecule has 112 valence electrons. The summed E-state index contributed by atoms with van der Waals surface area (Å²) in [6, 6.07) is 0. The van der Waals surface area contributed by atoms with Gasteiger partial charge in [-0.1, -0.05) is 13.3 Å². The molecule has 0 heterocycles. The summed E-state index contributed by atoms with van der Waals surface area (Å²) < 4.78 is 10.7. The van der Waals surface area contributed by atoms with Crippen LogP contribution >= 0.6 is 0 Å². The van der Waals surface area contributed by atoms with E-state index in [9.17, 15) is 4.79 Å². The molecule has 0 unspecified atom stereocenters. The molecule has 0 saturated heterocycles. The minimum atomic E-state index is -0.287. The van der Waals surface area contributed by atoms with Gasteiger partial charge in [-0.25, -0.2) is 0 Å². The minimum Gasteiger partial charge on any atom is -0.383 e. The minimum absolute atomic E-state index is 0.0949. The van der Waals surface area contributed by atoms with Crippen LogP contribution in [-0.4, -0.2) is 44.9 Å². The molecule has 1 amide bonds. The molecule has 1 rings (SSSR count). The van der Waals surface area contributed by atoms with Crippen molar-refractivity contribution in [3.05, 3.63) is 0 Å². The topological polar surface area (TPSA) is 73.6 Å². The quantitative estimate of drug-likeness (QED) is 0.648. The van der Waals surface area contributed by atoms with Gasteiger partial charge in [0.05, 0.1) is 12.2 Å². The Balaban J connectivity index is 2.30. The van der Waals surface area contributed by atoms with Crippen molar-refractivity contribution in [3.8, 4) is 0 Å². The van der Waals surface area contributed by atoms with Gasteiger partial charge in [-0.3, -0.25) is 4.79 Å². The second-order valence-corrected chi connectivity index (χ2v) is 5.37. The first kappa shape index (κ1) is 16.4. The van der Waals surface area contributed by atoms with E-state index in [2.05, 4.69) is 12.2 Å². The monoisotopic (exact) mass is 272 g/mol. The van der Waals surface area contributed by atoms with Crippen LogP contribution in [0.3, 0.4) is 0 Å². The highest BCUT2D eigenvalue weighted by atomic mass is 16.5. The number of carbonyl (C=O) groups is 1. The molecule has 5 nitrogen and oxygen atoms in total. The van der Waals surface area contributed by atoms with Crippen molar-refractivity contribution in [2.75, 3.05) is 33.4 Å². The standard InChI is InChI=1S/C14H28N2O3/c1-3-12-4-6-14(11-15,7-5-12)19-10-13(17)16-8-9-18-2/h12H,3-11,15H2,1-2H3,(H,16,17). The highest BCUT2D eigenvalue weighted by Gasteiger charge is 2.35. The lowest BCUT2D eigenvalue weighted by molar-refractivity contribution is -0.136. The van der Waals surface area contributed by atoms with E-state index in [1.807, 2.05) is 0 Å². The predicted molar refractivity (Wildman–Crippen MR) is 74.9 cm³/mol. The van der Waals surface area contributed by atoms with Crippen molar-refractivity contribution in [3.63, 3.8) is 0 Å². The third-order valence-electron chi connectivity index (χ3n) is 4.10. The number of nitrogens with two attached hydrogens (primary N) is 1. The molecule has 5 heteroatoms. The second kappa shape index (κ2) is 8.51. The van der Waals surface area contributed by atoms with Crippen molar-refractivity contribution in [2.45, 2.75) is 44.6 Å². The third kappa shape index (κ3) is 5.47. The smallest absolute Gasteiger partial charge is 0.246 e. The van der Waals surface area contributed by atoms with Crippen molar-refractivity contribution in [2.24, 2.45) is 11.7 Å². The summed E-state index contributed by atoms with van der Waals surface area (Å²) in [5.74, 6) is 0.696. The number of ether oxygens (including phenoxy) is 2. The maximum atomic E-state index is 11.6. The Bertz CT molecular complexity index is 263. The highest BCUT2D eigenvalue weighted by Crippen LogP contribution is 2.35. The van der Waals surface area contributed by atoms with Gasteiger partial charge in [0.25, 0.3) is 0 Å². The molecular formula is C14H28N2O3. The van der Waals surface area contributed by atoms with Crippen LogP contribution in [0.4, 0.5) is 0 Å². The van der Waals surface area contributed by atoms with E-state index >= 15 is 0 Å². The Kier molecular flexibility index (Phi) is 7.34. The number of methoxy groups -OCH3 is 1. The van der Waals surface area contributed by atoms with Crippen LogP contribution in [-0.2, 0) is 14.3 Å². The van der Waals surface area contributed by atoms with Crippen molar-refractivity contribution >= 4 is 5.91 Å². The molecule has 0 bridgehead atoms. The fourth-order valence-corrected chi connectivity index (χ4v) is 2.58. The largest absolute Gasteiger partial charge is 0.383 e. The summed E-state index contributed by atoms with van der Waals surface area (Å²) in [6.07, 6.45) is 5.46. The van der Waals surface area contributed by atoms with Crippen LogP contribution < -0.4 is 11.1 Å². The van der Waals surface area contributed by atoms with Gasteiger partial charge in [0.2, 0.25) is 5.91 Å². The van der Waals surface area contributed by atoms with Crippen LogP contribution in [0.15, 0.2) is 0 Å². The van der Waals surface area contributed by atoms with Gasteiger partial charge in [-0.2, -0.15) is 0 Å². The van der Waals surface area contributed by atoms with Crippen molar-refractivity contribution in [1.82, 2.24) is 5.32 Å². The van der Waals surface area contributed by atoms with Crippen LogP contribution in [0.5, 0.6) is 0 Å². The fourth-order valence-electron chi connectivity index (χ4n) is 2.58. The Morgan fingerprint density at radius 1 is 1.42 bits per heavy atom. The fraction of sp³-hybridized carbons (Fsp3) is 0.929. The maximum Gasteiger partial charge on any atom is 0.246 e. The van der Waals surface area contributed by atoms with Gasteiger partial charge in [-0.15, -0.1) is 0 Å². The lowest BCUT2D eigenvalue weighted by atomic mass is 9.77. The van der Waals surface area contributed by atoms with E-state index in [1.165, 1.54) is 6.42 Å². The Labute approximate surface area is 116 Å². The first-order valence-electron chi connectivity index (χ1n) is 7.25. The SMILES string of the molecule is CCC1CCC(CN)(OCC(=O)NCCOC)CC1. The molecule has 1 fully saturated rings. The summed E-state index contributed by atoms with van der Waals surface area (Å²) in [6.45, 7) is 3.86. The average Bonchev–Trinajstić information content (AvgIpc) is 2.46. The first-order chi connectivity index (χ1) is 9.15. The van der Waals surface area contributed by atoms with E-state index in [0.29, 0.717) is 19.7 Å². The van der Waals surface area contributed by atoms with E-state index in [-0.39, 0.29) is 18.1 Å². The van der Waals surface area contributed by atoms with Crippen molar-refractivity contribution < 1.29 is 14.3 Å². The lowest BCUT2D eigenvalue weighted by Gasteiger charge is -2.39. The van der Waals surface area contributed by atoms with E-state index in [0.717, 1.165) is 31.6 Å². The molecule has 0 aromatic heterocycles. The predicted octanol–water partition coefficient (Wildman–Crippen LogP) is 1.06. The van der Waals surface area contributed by atoms with Gasteiger partial charge < -0.3 is 20.5 Å². The zero-order valence-corrected chi connectivity index (χ0v) is 12.2. The summed E-state index contributed by atoms with van der Waals surface area (Å²) in [4.78, 5) is 11.6. The van der Waals surface area contributed by atoms with E-state index < -0.39 is 0 Å². The lowest BCUT2D eigenvalue weighted by Crippen LogP contribution is -2.46. The number of rotatable bonds is 8. The van der Waals surface area contributed by atoms with Crippen LogP contribution in [0.2, 0.25) is 0 Å². The molecule has 0 aromatic carbocycles. The summed E-state index contributed by atoms with van der Waals surface area (Å²) in [7, 11) is 1.61. The molecule has 1 aliphatic rings. The van der Waals surface area contributed by atoms with Gasteiger partial charge in [0.1, 0.15) is 6.61 Å². The zero-order valence-electron chi connectivity index (χ0n) is 12.2.